The van der Waals surface area contributed by atoms with Gasteiger partial charge < -0.3 is 52.6 Å². The number of amides is 1. The lowest BCUT2D eigenvalue weighted by Gasteiger charge is -2.43. The number of fused-ring (bicyclic) bond motifs is 6. The lowest BCUT2D eigenvalue weighted by atomic mass is 9.82. The number of benzene rings is 2. The molecule has 2 saturated heterocycles. The van der Waals surface area contributed by atoms with Gasteiger partial charge in [0.05, 0.1) is 32.3 Å². The Balaban J connectivity index is 1.24. The number of ether oxygens (including phenoxy) is 9. The number of ketones is 1. The first-order chi connectivity index (χ1) is 25.9. The predicted molar refractivity (Wildman–Crippen MR) is 181 cm³/mol. The highest BCUT2D eigenvalue weighted by Crippen LogP contribution is 2.54. The summed E-state index contributed by atoms with van der Waals surface area (Å²) < 4.78 is 50.5. The van der Waals surface area contributed by atoms with Crippen LogP contribution in [0.5, 0.6) is 23.0 Å². The van der Waals surface area contributed by atoms with Gasteiger partial charge in [0.2, 0.25) is 13.1 Å². The van der Waals surface area contributed by atoms with E-state index in [0.29, 0.717) is 54.4 Å². The zero-order chi connectivity index (χ0) is 38.3. The standard InChI is InChI=1S/C37H42N2O15/c1-18(40)48-16-29-34(51-19(2)41)35(52-20(3)42)33(44)37(54-29)53-28-15-24-21(12-25(28)46-4)30-31(22-13-26-27(50-17-49-26)14-23(22)32(30)43)39(36(24)45)7-5-6-38-8-10-47-11-9-38/h12-15,29-31,33-35,37,44H,5-11,16-17H2,1-4H3/t29-,30?,31?,33-,34+,35-,37-/m1/s1. The van der Waals surface area contributed by atoms with E-state index in [2.05, 4.69) is 4.90 Å². The van der Waals surface area contributed by atoms with Crippen LogP contribution in [0, 0.1) is 0 Å². The second kappa shape index (κ2) is 15.4. The zero-order valence-electron chi connectivity index (χ0n) is 30.3. The third kappa shape index (κ3) is 7.15. The van der Waals surface area contributed by atoms with Gasteiger partial charge >= 0.3 is 17.9 Å². The molecule has 1 N–H and O–H groups in total. The fourth-order valence-corrected chi connectivity index (χ4v) is 7.76. The van der Waals surface area contributed by atoms with Crippen LogP contribution >= 0.6 is 0 Å². The monoisotopic (exact) mass is 754 g/mol. The Hall–Kier alpha value is -4.97. The van der Waals surface area contributed by atoms with Gasteiger partial charge in [-0.25, -0.2) is 0 Å². The van der Waals surface area contributed by atoms with Crippen LogP contribution in [0.25, 0.3) is 0 Å². The van der Waals surface area contributed by atoms with Gasteiger partial charge in [-0.3, -0.25) is 28.9 Å². The number of Topliss-reactive ketones (excluding diaryl/α,β-unsaturated/α-hetero) is 1. The van der Waals surface area contributed by atoms with Crippen molar-refractivity contribution in [3.05, 3.63) is 46.5 Å². The van der Waals surface area contributed by atoms with Crippen molar-refractivity contribution in [3.8, 4) is 23.0 Å². The second-order valence-electron chi connectivity index (χ2n) is 13.6. The van der Waals surface area contributed by atoms with Crippen LogP contribution in [0.4, 0.5) is 0 Å². The maximum absolute atomic E-state index is 14.6. The summed E-state index contributed by atoms with van der Waals surface area (Å²) in [5.74, 6) is -2.55. The van der Waals surface area contributed by atoms with Gasteiger partial charge in [0.15, 0.2) is 47.1 Å². The Morgan fingerprint density at radius 1 is 0.852 bits per heavy atom. The highest BCUT2D eigenvalue weighted by molar-refractivity contribution is 6.11. The Kier molecular flexibility index (Phi) is 10.7. The van der Waals surface area contributed by atoms with Gasteiger partial charge in [0.25, 0.3) is 5.91 Å². The molecule has 1 aliphatic carbocycles. The van der Waals surface area contributed by atoms with E-state index in [0.717, 1.165) is 33.5 Å². The Morgan fingerprint density at radius 2 is 1.56 bits per heavy atom. The SMILES string of the molecule is COc1cc2c(cc1O[C@@H]1O[C@H](COC(C)=O)[C@H](OC(C)=O)[C@H](OC(C)=O)[C@H]1O)C(=O)N(CCCN1CCOCC1)C1c3cc4c(cc3C(=O)C21)OCO4. The molecule has 7 rings (SSSR count). The highest BCUT2D eigenvalue weighted by atomic mass is 16.7. The molecule has 0 spiro atoms. The normalized spacial score (nSPS) is 27.1. The van der Waals surface area contributed by atoms with Gasteiger partial charge in [-0.1, -0.05) is 0 Å². The topological polar surface area (TPSA) is 195 Å². The summed E-state index contributed by atoms with van der Waals surface area (Å²) in [5.41, 5.74) is 1.70. The van der Waals surface area contributed by atoms with Crippen molar-refractivity contribution in [1.82, 2.24) is 9.80 Å². The minimum absolute atomic E-state index is 0.0292. The Bertz CT molecular complexity index is 1830. The molecule has 0 saturated carbocycles. The summed E-state index contributed by atoms with van der Waals surface area (Å²) in [6, 6.07) is 5.81. The maximum atomic E-state index is 14.6. The summed E-state index contributed by atoms with van der Waals surface area (Å²) >= 11 is 0. The first-order valence-electron chi connectivity index (χ1n) is 17.7. The van der Waals surface area contributed by atoms with E-state index in [1.54, 1.807) is 23.1 Å². The fourth-order valence-electron chi connectivity index (χ4n) is 7.76. The largest absolute Gasteiger partial charge is 0.493 e. The smallest absolute Gasteiger partial charge is 0.303 e. The molecule has 0 bridgehead atoms. The average Bonchev–Trinajstić information content (AvgIpc) is 3.72. The summed E-state index contributed by atoms with van der Waals surface area (Å²) in [5, 5.41) is 11.4. The van der Waals surface area contributed by atoms with Crippen molar-refractivity contribution in [2.24, 2.45) is 0 Å². The van der Waals surface area contributed by atoms with Gasteiger partial charge in [0.1, 0.15) is 12.7 Å². The summed E-state index contributed by atoms with van der Waals surface area (Å²) in [7, 11) is 1.37. The molecule has 17 nitrogen and oxygen atoms in total. The van der Waals surface area contributed by atoms with Crippen LogP contribution in [-0.4, -0.2) is 135 Å². The summed E-state index contributed by atoms with van der Waals surface area (Å²) in [6.45, 7) is 6.88. The minimum Gasteiger partial charge on any atom is -0.493 e. The predicted octanol–water partition coefficient (Wildman–Crippen LogP) is 1.51. The number of aliphatic hydroxyl groups is 1. The van der Waals surface area contributed by atoms with E-state index in [4.69, 9.17) is 42.6 Å². The van der Waals surface area contributed by atoms with Crippen LogP contribution in [0.15, 0.2) is 24.3 Å². The average molecular weight is 755 g/mol. The number of hydrogen-bond acceptors (Lipinski definition) is 16. The minimum atomic E-state index is -1.73. The van der Waals surface area contributed by atoms with E-state index in [-0.39, 0.29) is 35.5 Å². The third-order valence-electron chi connectivity index (χ3n) is 10.1. The van der Waals surface area contributed by atoms with E-state index in [1.165, 1.54) is 20.1 Å². The Morgan fingerprint density at radius 3 is 2.24 bits per heavy atom. The first-order valence-corrected chi connectivity index (χ1v) is 17.7. The molecule has 7 atom stereocenters. The highest BCUT2D eigenvalue weighted by Gasteiger charge is 2.53. The van der Waals surface area contributed by atoms with Crippen molar-refractivity contribution in [1.29, 1.82) is 0 Å². The van der Waals surface area contributed by atoms with E-state index in [1.807, 2.05) is 0 Å². The number of morpholine rings is 1. The number of rotatable bonds is 11. The molecule has 0 radical (unpaired) electrons. The number of esters is 3. The summed E-state index contributed by atoms with van der Waals surface area (Å²) in [6.07, 6.45) is -6.82. The fraction of sp³-hybridized carbons (Fsp3) is 0.541. The molecule has 2 aromatic rings. The lowest BCUT2D eigenvalue weighted by molar-refractivity contribution is -0.285. The number of methoxy groups -OCH3 is 1. The number of hydrogen-bond donors (Lipinski definition) is 1. The quantitative estimate of drug-likeness (QED) is 0.256. The lowest BCUT2D eigenvalue weighted by Crippen LogP contribution is -2.62. The van der Waals surface area contributed by atoms with E-state index in [9.17, 15) is 29.1 Å². The zero-order valence-corrected chi connectivity index (χ0v) is 30.3. The Labute approximate surface area is 310 Å². The molecule has 2 aromatic carbocycles. The molecule has 1 amide bonds. The van der Waals surface area contributed by atoms with Gasteiger partial charge in [0, 0.05) is 58.1 Å². The molecule has 4 aliphatic heterocycles. The molecule has 290 valence electrons. The molecule has 2 fully saturated rings. The van der Waals surface area contributed by atoms with Crippen molar-refractivity contribution >= 4 is 29.6 Å². The maximum Gasteiger partial charge on any atom is 0.303 e. The first kappa shape index (κ1) is 37.3. The molecule has 0 aromatic heterocycles. The third-order valence-corrected chi connectivity index (χ3v) is 10.1. The second-order valence-corrected chi connectivity index (χ2v) is 13.6. The van der Waals surface area contributed by atoms with Crippen LogP contribution in [0.3, 0.4) is 0 Å². The van der Waals surface area contributed by atoms with Gasteiger partial charge in [-0.2, -0.15) is 0 Å². The molecule has 4 heterocycles. The van der Waals surface area contributed by atoms with Crippen LogP contribution in [-0.2, 0) is 38.1 Å². The van der Waals surface area contributed by atoms with Gasteiger partial charge in [-0.15, -0.1) is 0 Å². The number of nitrogens with zero attached hydrogens (tertiary/aromatic N) is 2. The molecule has 5 aliphatic rings. The van der Waals surface area contributed by atoms with E-state index < -0.39 is 67.2 Å². The molecular weight excluding hydrogens is 712 g/mol. The van der Waals surface area contributed by atoms with Gasteiger partial charge in [-0.05, 0) is 41.8 Å². The van der Waals surface area contributed by atoms with Crippen LogP contribution in [0.1, 0.15) is 71.0 Å². The molecule has 54 heavy (non-hydrogen) atoms. The molecule has 2 unspecified atom stereocenters. The summed E-state index contributed by atoms with van der Waals surface area (Å²) in [4.78, 5) is 68.7. The van der Waals surface area contributed by atoms with Crippen molar-refractivity contribution in [2.75, 3.05) is 59.9 Å². The number of aliphatic hydroxyl groups excluding tert-OH is 1. The molecule has 17 heteroatoms. The van der Waals surface area contributed by atoms with Crippen molar-refractivity contribution in [2.45, 2.75) is 69.9 Å². The van der Waals surface area contributed by atoms with E-state index >= 15 is 0 Å². The molecular formula is C37H42N2O15. The number of carbonyl (C=O) groups is 5. The van der Waals surface area contributed by atoms with Crippen LogP contribution in [0.2, 0.25) is 0 Å². The number of carbonyl (C=O) groups excluding carboxylic acids is 5. The van der Waals surface area contributed by atoms with Crippen molar-refractivity contribution in [3.63, 3.8) is 0 Å². The van der Waals surface area contributed by atoms with Crippen molar-refractivity contribution < 1.29 is 71.7 Å². The van der Waals surface area contributed by atoms with Crippen LogP contribution < -0.4 is 18.9 Å².